The maximum absolute atomic E-state index is 10.9. The standard InChI is InChI=1S/C20H28O7/c1-7-26-12(3)27-11(2)19(21)15-10-17(25-6)18-14(20(15)22)8-13(23-4)9-16(18)24-5/h8-12,19,21-22H,7H2,1-6H3/t11-,12+,19-/m0/s1. The SMILES string of the molecule is CCO[C@@H](C)O[C@@H](C)[C@H](O)c1cc(OC)c2c(OC)cc(OC)cc2c1O. The van der Waals surface area contributed by atoms with Crippen LogP contribution in [0.3, 0.4) is 0 Å². The van der Waals surface area contributed by atoms with Gasteiger partial charge in [0.2, 0.25) is 0 Å². The fourth-order valence-corrected chi connectivity index (χ4v) is 3.04. The number of rotatable bonds is 9. The normalized spacial score (nSPS) is 14.6. The van der Waals surface area contributed by atoms with Crippen LogP contribution in [0.2, 0.25) is 0 Å². The van der Waals surface area contributed by atoms with Crippen LogP contribution in [0, 0.1) is 0 Å². The number of phenols is 1. The Kier molecular flexibility index (Phi) is 7.12. The molecule has 3 atom stereocenters. The Morgan fingerprint density at radius 3 is 2.15 bits per heavy atom. The van der Waals surface area contributed by atoms with E-state index >= 15 is 0 Å². The Morgan fingerprint density at radius 1 is 0.963 bits per heavy atom. The molecule has 150 valence electrons. The lowest BCUT2D eigenvalue weighted by atomic mass is 9.97. The minimum absolute atomic E-state index is 0.0880. The Morgan fingerprint density at radius 2 is 1.59 bits per heavy atom. The highest BCUT2D eigenvalue weighted by Crippen LogP contribution is 2.45. The summed E-state index contributed by atoms with van der Waals surface area (Å²) in [5.74, 6) is 1.38. The third kappa shape index (κ3) is 4.37. The molecule has 2 N–H and O–H groups in total. The molecule has 0 radical (unpaired) electrons. The van der Waals surface area contributed by atoms with E-state index in [1.807, 2.05) is 6.92 Å². The van der Waals surface area contributed by atoms with Crippen LogP contribution in [-0.2, 0) is 9.47 Å². The van der Waals surface area contributed by atoms with E-state index < -0.39 is 18.5 Å². The van der Waals surface area contributed by atoms with Gasteiger partial charge in [0, 0.05) is 23.6 Å². The highest BCUT2D eigenvalue weighted by molar-refractivity contribution is 6.00. The number of aliphatic hydroxyl groups is 1. The van der Waals surface area contributed by atoms with E-state index in [0.717, 1.165) is 0 Å². The van der Waals surface area contributed by atoms with E-state index in [2.05, 4.69) is 0 Å². The van der Waals surface area contributed by atoms with Gasteiger partial charge in [0.1, 0.15) is 29.1 Å². The molecule has 2 rings (SSSR count). The molecule has 0 aliphatic heterocycles. The average molecular weight is 380 g/mol. The fraction of sp³-hybridized carbons (Fsp3) is 0.500. The third-order valence-corrected chi connectivity index (χ3v) is 4.38. The quantitative estimate of drug-likeness (QED) is 0.645. The van der Waals surface area contributed by atoms with Crippen molar-refractivity contribution >= 4 is 10.8 Å². The molecule has 0 heterocycles. The van der Waals surface area contributed by atoms with E-state index in [9.17, 15) is 10.2 Å². The number of aromatic hydroxyl groups is 1. The third-order valence-electron chi connectivity index (χ3n) is 4.38. The zero-order chi connectivity index (χ0) is 20.1. The van der Waals surface area contributed by atoms with Crippen LogP contribution in [0.1, 0.15) is 32.4 Å². The molecule has 0 unspecified atom stereocenters. The first-order valence-electron chi connectivity index (χ1n) is 8.78. The molecule has 27 heavy (non-hydrogen) atoms. The Labute approximate surface area is 159 Å². The summed E-state index contributed by atoms with van der Waals surface area (Å²) in [7, 11) is 4.57. The predicted molar refractivity (Wildman–Crippen MR) is 102 cm³/mol. The maximum Gasteiger partial charge on any atom is 0.155 e. The molecule has 0 spiro atoms. The van der Waals surface area contributed by atoms with Crippen molar-refractivity contribution in [1.82, 2.24) is 0 Å². The van der Waals surface area contributed by atoms with Crippen molar-refractivity contribution in [1.29, 1.82) is 0 Å². The van der Waals surface area contributed by atoms with Gasteiger partial charge in [0.05, 0.1) is 32.8 Å². The van der Waals surface area contributed by atoms with Gasteiger partial charge >= 0.3 is 0 Å². The van der Waals surface area contributed by atoms with Gasteiger partial charge in [-0.25, -0.2) is 0 Å². The number of methoxy groups -OCH3 is 3. The summed E-state index contributed by atoms with van der Waals surface area (Å²) < 4.78 is 27.2. The van der Waals surface area contributed by atoms with Crippen molar-refractivity contribution in [2.24, 2.45) is 0 Å². The van der Waals surface area contributed by atoms with Crippen molar-refractivity contribution in [3.8, 4) is 23.0 Å². The number of fused-ring (bicyclic) bond motifs is 1. The monoisotopic (exact) mass is 380 g/mol. The summed E-state index contributed by atoms with van der Waals surface area (Å²) >= 11 is 0. The van der Waals surface area contributed by atoms with Crippen molar-refractivity contribution < 1.29 is 33.9 Å². The zero-order valence-corrected chi connectivity index (χ0v) is 16.6. The zero-order valence-electron chi connectivity index (χ0n) is 16.6. The van der Waals surface area contributed by atoms with Crippen LogP contribution in [-0.4, -0.2) is 50.5 Å². The molecule has 0 aliphatic rings. The van der Waals surface area contributed by atoms with Gasteiger partial charge in [-0.3, -0.25) is 0 Å². The molecule has 0 aromatic heterocycles. The van der Waals surface area contributed by atoms with Crippen LogP contribution in [0.25, 0.3) is 10.8 Å². The summed E-state index contributed by atoms with van der Waals surface area (Å²) in [4.78, 5) is 0. The van der Waals surface area contributed by atoms with E-state index in [4.69, 9.17) is 23.7 Å². The summed E-state index contributed by atoms with van der Waals surface area (Å²) in [5, 5.41) is 22.7. The molecular formula is C20H28O7. The lowest BCUT2D eigenvalue weighted by molar-refractivity contribution is -0.176. The van der Waals surface area contributed by atoms with Crippen LogP contribution >= 0.6 is 0 Å². The molecule has 0 saturated heterocycles. The molecule has 2 aromatic rings. The first-order chi connectivity index (χ1) is 12.9. The number of aliphatic hydroxyl groups excluding tert-OH is 1. The number of benzene rings is 2. The van der Waals surface area contributed by atoms with Gasteiger partial charge < -0.3 is 33.9 Å². The number of ether oxygens (including phenoxy) is 5. The van der Waals surface area contributed by atoms with E-state index in [0.29, 0.717) is 34.6 Å². The van der Waals surface area contributed by atoms with Crippen LogP contribution in [0.4, 0.5) is 0 Å². The highest BCUT2D eigenvalue weighted by Gasteiger charge is 2.26. The van der Waals surface area contributed by atoms with Gasteiger partial charge in [-0.05, 0) is 32.9 Å². The minimum atomic E-state index is -1.09. The van der Waals surface area contributed by atoms with Crippen LogP contribution in [0.5, 0.6) is 23.0 Å². The first-order valence-corrected chi connectivity index (χ1v) is 8.78. The molecule has 0 amide bonds. The Balaban J connectivity index is 2.56. The van der Waals surface area contributed by atoms with Gasteiger partial charge in [-0.2, -0.15) is 0 Å². The predicted octanol–water partition coefficient (Wildman–Crippen LogP) is 3.39. The summed E-state index contributed by atoms with van der Waals surface area (Å²) in [5.41, 5.74) is 0.283. The van der Waals surface area contributed by atoms with Crippen molar-refractivity contribution in [2.75, 3.05) is 27.9 Å². The van der Waals surface area contributed by atoms with Crippen molar-refractivity contribution in [2.45, 2.75) is 39.3 Å². The number of hydrogen-bond acceptors (Lipinski definition) is 7. The molecule has 0 aliphatic carbocycles. The minimum Gasteiger partial charge on any atom is -0.507 e. The smallest absolute Gasteiger partial charge is 0.155 e. The van der Waals surface area contributed by atoms with E-state index in [1.54, 1.807) is 32.0 Å². The molecule has 0 saturated carbocycles. The lowest BCUT2D eigenvalue weighted by Gasteiger charge is -2.25. The topological polar surface area (TPSA) is 86.6 Å². The number of hydrogen-bond donors (Lipinski definition) is 2. The number of phenolic OH excluding ortho intramolecular Hbond substituents is 1. The maximum atomic E-state index is 10.9. The van der Waals surface area contributed by atoms with Gasteiger partial charge in [-0.1, -0.05) is 0 Å². The average Bonchev–Trinajstić information content (AvgIpc) is 2.67. The van der Waals surface area contributed by atoms with Gasteiger partial charge in [-0.15, -0.1) is 0 Å². The van der Waals surface area contributed by atoms with Gasteiger partial charge in [0.25, 0.3) is 0 Å². The Hall–Kier alpha value is -2.22. The Bertz CT molecular complexity index is 775. The van der Waals surface area contributed by atoms with Crippen LogP contribution in [0.15, 0.2) is 18.2 Å². The summed E-state index contributed by atoms with van der Waals surface area (Å²) in [6.45, 7) is 5.83. The molecular weight excluding hydrogens is 352 g/mol. The molecule has 7 nitrogen and oxygen atoms in total. The molecule has 0 fully saturated rings. The largest absolute Gasteiger partial charge is 0.507 e. The highest BCUT2D eigenvalue weighted by atomic mass is 16.7. The fourth-order valence-electron chi connectivity index (χ4n) is 3.04. The molecule has 2 aromatic carbocycles. The lowest BCUT2D eigenvalue weighted by Crippen LogP contribution is -2.25. The van der Waals surface area contributed by atoms with E-state index in [-0.39, 0.29) is 11.3 Å². The van der Waals surface area contributed by atoms with Crippen molar-refractivity contribution in [3.05, 3.63) is 23.8 Å². The second kappa shape index (κ2) is 9.12. The second-order valence-corrected chi connectivity index (χ2v) is 6.08. The summed E-state index contributed by atoms with van der Waals surface area (Å²) in [6.07, 6.45) is -2.19. The molecule has 7 heteroatoms. The molecule has 0 bridgehead atoms. The van der Waals surface area contributed by atoms with Crippen LogP contribution < -0.4 is 14.2 Å². The first kappa shape index (κ1) is 21.1. The second-order valence-electron chi connectivity index (χ2n) is 6.08. The van der Waals surface area contributed by atoms with Gasteiger partial charge in [0.15, 0.2) is 6.29 Å². The van der Waals surface area contributed by atoms with E-state index in [1.165, 1.54) is 21.3 Å². The summed E-state index contributed by atoms with van der Waals surface area (Å²) in [6, 6.07) is 4.96. The van der Waals surface area contributed by atoms with Crippen molar-refractivity contribution in [3.63, 3.8) is 0 Å².